The topological polar surface area (TPSA) is 42.3 Å². The van der Waals surface area contributed by atoms with Gasteiger partial charge in [-0.25, -0.2) is 0 Å². The first-order valence-electron chi connectivity index (χ1n) is 8.31. The van der Waals surface area contributed by atoms with Gasteiger partial charge < -0.3 is 15.0 Å². The number of rotatable bonds is 7. The van der Waals surface area contributed by atoms with Crippen molar-refractivity contribution in [1.82, 2.24) is 15.1 Å². The third-order valence-electron chi connectivity index (χ3n) is 4.59. The van der Waals surface area contributed by atoms with Crippen LogP contribution in [0.5, 0.6) is 0 Å². The van der Waals surface area contributed by atoms with Crippen LogP contribution in [-0.4, -0.2) is 41.6 Å². The lowest BCUT2D eigenvalue weighted by atomic mass is 10.2. The summed E-state index contributed by atoms with van der Waals surface area (Å²) in [5.74, 6) is 1.26. The van der Waals surface area contributed by atoms with Crippen LogP contribution in [0.25, 0.3) is 0 Å². The van der Waals surface area contributed by atoms with Crippen LogP contribution in [0, 0.1) is 6.92 Å². The molecule has 5 heteroatoms. The first-order valence-corrected chi connectivity index (χ1v) is 8.31. The van der Waals surface area contributed by atoms with Crippen LogP contribution in [0.1, 0.15) is 43.9 Å². The van der Waals surface area contributed by atoms with Crippen molar-refractivity contribution in [1.29, 1.82) is 0 Å². The van der Waals surface area contributed by atoms with E-state index in [2.05, 4.69) is 36.2 Å². The zero-order valence-electron chi connectivity index (χ0n) is 13.6. The Hall–Kier alpha value is -1.07. The number of aryl methyl sites for hydroxylation is 2. The van der Waals surface area contributed by atoms with Crippen LogP contribution in [-0.2, 0) is 18.3 Å². The molecule has 118 valence electrons. The molecule has 0 radical (unpaired) electrons. The minimum atomic E-state index is 0.379. The van der Waals surface area contributed by atoms with E-state index in [1.807, 2.05) is 4.68 Å². The molecule has 1 aliphatic heterocycles. The van der Waals surface area contributed by atoms with E-state index in [4.69, 9.17) is 4.74 Å². The maximum absolute atomic E-state index is 5.81. The molecule has 2 heterocycles. The predicted octanol–water partition coefficient (Wildman–Crippen LogP) is 1.99. The Morgan fingerprint density at radius 1 is 1.38 bits per heavy atom. The average molecular weight is 292 g/mol. The van der Waals surface area contributed by atoms with Gasteiger partial charge in [-0.2, -0.15) is 5.10 Å². The van der Waals surface area contributed by atoms with Gasteiger partial charge in [-0.1, -0.05) is 0 Å². The second-order valence-corrected chi connectivity index (χ2v) is 6.34. The van der Waals surface area contributed by atoms with Gasteiger partial charge in [0.2, 0.25) is 0 Å². The van der Waals surface area contributed by atoms with Crippen LogP contribution in [0.2, 0.25) is 0 Å². The largest absolute Gasteiger partial charge is 0.376 e. The molecular formula is C16H28N4O. The number of aromatic nitrogens is 2. The third kappa shape index (κ3) is 3.40. The van der Waals surface area contributed by atoms with Crippen molar-refractivity contribution in [2.75, 3.05) is 24.6 Å². The fourth-order valence-corrected chi connectivity index (χ4v) is 3.23. The van der Waals surface area contributed by atoms with E-state index in [-0.39, 0.29) is 0 Å². The van der Waals surface area contributed by atoms with E-state index in [1.165, 1.54) is 37.1 Å². The molecule has 1 unspecified atom stereocenters. The summed E-state index contributed by atoms with van der Waals surface area (Å²) in [4.78, 5) is 2.43. The fraction of sp³-hybridized carbons (Fsp3) is 0.812. The van der Waals surface area contributed by atoms with Gasteiger partial charge >= 0.3 is 0 Å². The first-order chi connectivity index (χ1) is 10.2. The molecule has 0 bridgehead atoms. The van der Waals surface area contributed by atoms with Gasteiger partial charge in [0.25, 0.3) is 0 Å². The lowest BCUT2D eigenvalue weighted by Crippen LogP contribution is -2.34. The molecule has 0 aromatic carbocycles. The van der Waals surface area contributed by atoms with Crippen LogP contribution in [0.4, 0.5) is 5.82 Å². The Morgan fingerprint density at radius 2 is 2.19 bits per heavy atom. The summed E-state index contributed by atoms with van der Waals surface area (Å²) in [6.07, 6.45) is 5.40. The molecule has 2 aliphatic rings. The van der Waals surface area contributed by atoms with Crippen molar-refractivity contribution in [2.24, 2.45) is 7.05 Å². The van der Waals surface area contributed by atoms with Crippen LogP contribution in [0.3, 0.4) is 0 Å². The number of hydrogen-bond donors (Lipinski definition) is 1. The van der Waals surface area contributed by atoms with Gasteiger partial charge in [0.15, 0.2) is 0 Å². The van der Waals surface area contributed by atoms with Crippen LogP contribution >= 0.6 is 0 Å². The van der Waals surface area contributed by atoms with Crippen molar-refractivity contribution < 1.29 is 4.74 Å². The normalized spacial score (nSPS) is 22.0. The summed E-state index contributed by atoms with van der Waals surface area (Å²) in [7, 11) is 2.06. The Morgan fingerprint density at radius 3 is 2.81 bits per heavy atom. The molecule has 1 aliphatic carbocycles. The van der Waals surface area contributed by atoms with Gasteiger partial charge in [0, 0.05) is 44.9 Å². The lowest BCUT2D eigenvalue weighted by Gasteiger charge is -2.27. The molecule has 1 N–H and O–H groups in total. The molecule has 1 saturated carbocycles. The van der Waals surface area contributed by atoms with Gasteiger partial charge in [0.1, 0.15) is 5.82 Å². The Balaban J connectivity index is 1.76. The summed E-state index contributed by atoms with van der Waals surface area (Å²) >= 11 is 0. The van der Waals surface area contributed by atoms with E-state index in [0.717, 1.165) is 38.0 Å². The molecule has 5 nitrogen and oxygen atoms in total. The highest BCUT2D eigenvalue weighted by atomic mass is 16.5. The molecule has 1 aromatic rings. The summed E-state index contributed by atoms with van der Waals surface area (Å²) < 4.78 is 7.85. The molecule has 1 aromatic heterocycles. The van der Waals surface area contributed by atoms with Crippen molar-refractivity contribution in [3.8, 4) is 0 Å². The summed E-state index contributed by atoms with van der Waals surface area (Å²) in [5.41, 5.74) is 2.50. The third-order valence-corrected chi connectivity index (χ3v) is 4.59. The molecule has 2 fully saturated rings. The highest BCUT2D eigenvalue weighted by Crippen LogP contribution is 2.27. The van der Waals surface area contributed by atoms with E-state index >= 15 is 0 Å². The van der Waals surface area contributed by atoms with Gasteiger partial charge in [0.05, 0.1) is 11.8 Å². The number of ether oxygens (including phenoxy) is 1. The molecule has 3 rings (SSSR count). The number of anilines is 1. The summed E-state index contributed by atoms with van der Waals surface area (Å²) in [6.45, 7) is 8.16. The molecule has 0 amide bonds. The average Bonchev–Trinajstić information content (AvgIpc) is 3.06. The Bertz CT molecular complexity index is 475. The monoisotopic (exact) mass is 292 g/mol. The smallest absolute Gasteiger partial charge is 0.131 e. The SMILES string of the molecule is CCN(CC1CCCO1)c1c(CNC2CC2)c(C)nn1C. The quantitative estimate of drug-likeness (QED) is 0.834. The van der Waals surface area contributed by atoms with Crippen LogP contribution in [0.15, 0.2) is 0 Å². The van der Waals surface area contributed by atoms with Gasteiger partial charge in [-0.3, -0.25) is 4.68 Å². The minimum absolute atomic E-state index is 0.379. The van der Waals surface area contributed by atoms with Crippen molar-refractivity contribution in [3.05, 3.63) is 11.3 Å². The number of hydrogen-bond acceptors (Lipinski definition) is 4. The molecule has 1 atom stereocenters. The van der Waals surface area contributed by atoms with E-state index in [0.29, 0.717) is 6.10 Å². The zero-order valence-corrected chi connectivity index (χ0v) is 13.6. The lowest BCUT2D eigenvalue weighted by molar-refractivity contribution is 0.115. The van der Waals surface area contributed by atoms with Crippen molar-refractivity contribution >= 4 is 5.82 Å². The Labute approximate surface area is 127 Å². The first kappa shape index (κ1) is 14.9. The van der Waals surface area contributed by atoms with E-state index in [9.17, 15) is 0 Å². The van der Waals surface area contributed by atoms with Crippen LogP contribution < -0.4 is 10.2 Å². The molecule has 1 saturated heterocycles. The highest BCUT2D eigenvalue weighted by Gasteiger charge is 2.26. The van der Waals surface area contributed by atoms with Gasteiger partial charge in [-0.15, -0.1) is 0 Å². The summed E-state index contributed by atoms with van der Waals surface area (Å²) in [5, 5.41) is 8.28. The highest BCUT2D eigenvalue weighted by molar-refractivity contribution is 5.50. The predicted molar refractivity (Wildman–Crippen MR) is 84.7 cm³/mol. The second-order valence-electron chi connectivity index (χ2n) is 6.34. The fourth-order valence-electron chi connectivity index (χ4n) is 3.23. The van der Waals surface area contributed by atoms with E-state index < -0.39 is 0 Å². The van der Waals surface area contributed by atoms with Gasteiger partial charge in [-0.05, 0) is 39.5 Å². The maximum Gasteiger partial charge on any atom is 0.131 e. The number of likely N-dealkylation sites (N-methyl/N-ethyl adjacent to an activating group) is 1. The number of nitrogens with one attached hydrogen (secondary N) is 1. The van der Waals surface area contributed by atoms with Crippen molar-refractivity contribution in [2.45, 2.75) is 58.2 Å². The molecule has 21 heavy (non-hydrogen) atoms. The van der Waals surface area contributed by atoms with Crippen molar-refractivity contribution in [3.63, 3.8) is 0 Å². The second kappa shape index (κ2) is 6.36. The molecule has 0 spiro atoms. The summed E-state index contributed by atoms with van der Waals surface area (Å²) in [6, 6.07) is 0.727. The van der Waals surface area contributed by atoms with E-state index in [1.54, 1.807) is 0 Å². The standard InChI is InChI=1S/C16H28N4O/c1-4-20(11-14-6-5-9-21-14)16-15(10-17-13-7-8-13)12(2)18-19(16)3/h13-14,17H,4-11H2,1-3H3. The Kier molecular flexibility index (Phi) is 4.50. The maximum atomic E-state index is 5.81. The number of nitrogens with zero attached hydrogens (tertiary/aromatic N) is 3. The molecular weight excluding hydrogens is 264 g/mol. The minimum Gasteiger partial charge on any atom is -0.376 e. The zero-order chi connectivity index (χ0) is 14.8.